The SMILES string of the molecule is Cc1nc(NC(=O)NCc2coc(-c3ccccc3)n2)nn1C(C)C. The molecule has 130 valence electrons. The van der Waals surface area contributed by atoms with Crippen LogP contribution < -0.4 is 10.6 Å². The monoisotopic (exact) mass is 340 g/mol. The Balaban J connectivity index is 1.56. The van der Waals surface area contributed by atoms with Gasteiger partial charge in [0.25, 0.3) is 0 Å². The number of amides is 2. The number of nitrogens with one attached hydrogen (secondary N) is 2. The zero-order chi connectivity index (χ0) is 17.8. The lowest BCUT2D eigenvalue weighted by Crippen LogP contribution is -2.28. The van der Waals surface area contributed by atoms with Crippen LogP contribution in [-0.2, 0) is 6.54 Å². The maximum Gasteiger partial charge on any atom is 0.321 e. The summed E-state index contributed by atoms with van der Waals surface area (Å²) in [7, 11) is 0. The summed E-state index contributed by atoms with van der Waals surface area (Å²) in [6, 6.07) is 9.36. The van der Waals surface area contributed by atoms with Crippen molar-refractivity contribution in [2.45, 2.75) is 33.4 Å². The molecule has 0 saturated carbocycles. The highest BCUT2D eigenvalue weighted by Gasteiger charge is 2.12. The molecular weight excluding hydrogens is 320 g/mol. The van der Waals surface area contributed by atoms with Gasteiger partial charge in [0.05, 0.1) is 12.2 Å². The van der Waals surface area contributed by atoms with E-state index < -0.39 is 6.03 Å². The van der Waals surface area contributed by atoms with E-state index in [4.69, 9.17) is 4.42 Å². The summed E-state index contributed by atoms with van der Waals surface area (Å²) in [5.74, 6) is 1.54. The van der Waals surface area contributed by atoms with Gasteiger partial charge in [0, 0.05) is 11.6 Å². The molecular formula is C17H20N6O2. The summed E-state index contributed by atoms with van der Waals surface area (Å²) >= 11 is 0. The Morgan fingerprint density at radius 3 is 2.68 bits per heavy atom. The van der Waals surface area contributed by atoms with Crippen LogP contribution in [0.25, 0.3) is 11.5 Å². The molecule has 2 heterocycles. The van der Waals surface area contributed by atoms with Crippen LogP contribution in [0.1, 0.15) is 31.4 Å². The van der Waals surface area contributed by atoms with Crippen molar-refractivity contribution in [1.29, 1.82) is 0 Å². The highest BCUT2D eigenvalue weighted by atomic mass is 16.3. The van der Waals surface area contributed by atoms with Gasteiger partial charge in [0.2, 0.25) is 11.8 Å². The first-order valence-electron chi connectivity index (χ1n) is 8.00. The number of rotatable bonds is 5. The van der Waals surface area contributed by atoms with Gasteiger partial charge in [0.15, 0.2) is 0 Å². The molecule has 8 nitrogen and oxygen atoms in total. The van der Waals surface area contributed by atoms with Crippen LogP contribution in [0.3, 0.4) is 0 Å². The standard InChI is InChI=1S/C17H20N6O2/c1-11(2)23-12(3)19-16(22-23)21-17(24)18-9-14-10-25-15(20-14)13-7-5-4-6-8-13/h4-8,10-11H,9H2,1-3H3,(H2,18,21,22,24). The quantitative estimate of drug-likeness (QED) is 0.743. The average Bonchev–Trinajstić information content (AvgIpc) is 3.20. The third-order valence-electron chi connectivity index (χ3n) is 3.52. The van der Waals surface area contributed by atoms with E-state index in [9.17, 15) is 4.79 Å². The van der Waals surface area contributed by atoms with Gasteiger partial charge in [0.1, 0.15) is 12.1 Å². The van der Waals surface area contributed by atoms with Crippen molar-refractivity contribution >= 4 is 12.0 Å². The van der Waals surface area contributed by atoms with Crippen LogP contribution in [-0.4, -0.2) is 25.8 Å². The van der Waals surface area contributed by atoms with Crippen molar-refractivity contribution in [2.24, 2.45) is 0 Å². The van der Waals surface area contributed by atoms with Crippen molar-refractivity contribution in [3.63, 3.8) is 0 Å². The van der Waals surface area contributed by atoms with E-state index in [0.717, 1.165) is 11.4 Å². The molecule has 2 amide bonds. The van der Waals surface area contributed by atoms with Crippen molar-refractivity contribution in [3.05, 3.63) is 48.1 Å². The van der Waals surface area contributed by atoms with Crippen molar-refractivity contribution in [3.8, 4) is 11.5 Å². The molecule has 0 saturated heterocycles. The van der Waals surface area contributed by atoms with Gasteiger partial charge in [-0.1, -0.05) is 18.2 Å². The second-order valence-electron chi connectivity index (χ2n) is 5.84. The van der Waals surface area contributed by atoms with Gasteiger partial charge in [-0.3, -0.25) is 5.32 Å². The van der Waals surface area contributed by atoms with Crippen LogP contribution in [0, 0.1) is 6.92 Å². The molecule has 1 aromatic carbocycles. The van der Waals surface area contributed by atoms with Gasteiger partial charge in [-0.15, -0.1) is 5.10 Å². The minimum absolute atomic E-state index is 0.178. The summed E-state index contributed by atoms with van der Waals surface area (Å²) in [5, 5.41) is 9.57. The Hall–Kier alpha value is -3.16. The van der Waals surface area contributed by atoms with E-state index in [1.165, 1.54) is 6.26 Å². The van der Waals surface area contributed by atoms with Gasteiger partial charge < -0.3 is 9.73 Å². The lowest BCUT2D eigenvalue weighted by Gasteiger charge is -2.05. The number of hydrogen-bond donors (Lipinski definition) is 2. The molecule has 3 aromatic rings. The predicted molar refractivity (Wildman–Crippen MR) is 92.9 cm³/mol. The fraction of sp³-hybridized carbons (Fsp3) is 0.294. The minimum atomic E-state index is -0.398. The lowest BCUT2D eigenvalue weighted by atomic mass is 10.2. The maximum atomic E-state index is 12.0. The minimum Gasteiger partial charge on any atom is -0.444 e. The molecule has 0 aliphatic rings. The first-order valence-corrected chi connectivity index (χ1v) is 8.00. The van der Waals surface area contributed by atoms with Gasteiger partial charge in [-0.2, -0.15) is 4.98 Å². The number of aromatic nitrogens is 4. The van der Waals surface area contributed by atoms with Crippen LogP contribution in [0.4, 0.5) is 10.7 Å². The normalized spacial score (nSPS) is 10.9. The van der Waals surface area contributed by atoms with Crippen LogP contribution in [0.5, 0.6) is 0 Å². The summed E-state index contributed by atoms with van der Waals surface area (Å²) in [6.07, 6.45) is 1.53. The van der Waals surface area contributed by atoms with Gasteiger partial charge in [-0.25, -0.2) is 14.5 Å². The molecule has 0 atom stereocenters. The maximum absolute atomic E-state index is 12.0. The number of benzene rings is 1. The Labute approximate surface area is 145 Å². The highest BCUT2D eigenvalue weighted by Crippen LogP contribution is 2.17. The first-order chi connectivity index (χ1) is 12.0. The summed E-state index contributed by atoms with van der Waals surface area (Å²) < 4.78 is 7.19. The molecule has 0 aliphatic heterocycles. The molecule has 8 heteroatoms. The molecule has 0 radical (unpaired) electrons. The number of nitrogens with zero attached hydrogens (tertiary/aromatic N) is 4. The summed E-state index contributed by atoms with van der Waals surface area (Å²) in [6.45, 7) is 6.09. The van der Waals surface area contributed by atoms with Gasteiger partial charge in [-0.05, 0) is 32.9 Å². The Bertz CT molecular complexity index is 853. The number of urea groups is 1. The number of oxazole rings is 1. The summed E-state index contributed by atoms with van der Waals surface area (Å²) in [5.41, 5.74) is 1.52. The zero-order valence-electron chi connectivity index (χ0n) is 14.4. The van der Waals surface area contributed by atoms with Gasteiger partial charge >= 0.3 is 6.03 Å². The van der Waals surface area contributed by atoms with E-state index in [0.29, 0.717) is 11.6 Å². The topological polar surface area (TPSA) is 97.9 Å². The number of carbonyl (C=O) groups excluding carboxylic acids is 1. The van der Waals surface area contributed by atoms with E-state index >= 15 is 0 Å². The van der Waals surface area contributed by atoms with E-state index in [1.54, 1.807) is 4.68 Å². The summed E-state index contributed by atoms with van der Waals surface area (Å²) in [4.78, 5) is 20.6. The number of anilines is 1. The second kappa shape index (κ2) is 7.16. The molecule has 2 aromatic heterocycles. The third kappa shape index (κ3) is 4.03. The first kappa shape index (κ1) is 16.7. The van der Waals surface area contributed by atoms with E-state index in [1.807, 2.05) is 51.1 Å². The molecule has 0 bridgehead atoms. The molecule has 3 rings (SSSR count). The van der Waals surface area contributed by atoms with E-state index in [2.05, 4.69) is 25.7 Å². The molecule has 0 fully saturated rings. The van der Waals surface area contributed by atoms with Crippen molar-refractivity contribution < 1.29 is 9.21 Å². The average molecular weight is 340 g/mol. The number of aryl methyl sites for hydroxylation is 1. The van der Waals surface area contributed by atoms with Crippen molar-refractivity contribution in [2.75, 3.05) is 5.32 Å². The van der Waals surface area contributed by atoms with Crippen LogP contribution >= 0.6 is 0 Å². The smallest absolute Gasteiger partial charge is 0.321 e. The predicted octanol–water partition coefficient (Wildman–Crippen LogP) is 3.14. The van der Waals surface area contributed by atoms with Crippen LogP contribution in [0.15, 0.2) is 41.0 Å². The largest absolute Gasteiger partial charge is 0.444 e. The molecule has 0 spiro atoms. The highest BCUT2D eigenvalue weighted by molar-refractivity contribution is 5.87. The number of hydrogen-bond acceptors (Lipinski definition) is 5. The lowest BCUT2D eigenvalue weighted by molar-refractivity contribution is 0.251. The second-order valence-corrected chi connectivity index (χ2v) is 5.84. The Morgan fingerprint density at radius 2 is 2.00 bits per heavy atom. The fourth-order valence-corrected chi connectivity index (χ4v) is 2.36. The Morgan fingerprint density at radius 1 is 1.24 bits per heavy atom. The molecule has 2 N–H and O–H groups in total. The molecule has 0 unspecified atom stereocenters. The third-order valence-corrected chi connectivity index (χ3v) is 3.52. The molecule has 0 aliphatic carbocycles. The molecule has 25 heavy (non-hydrogen) atoms. The van der Waals surface area contributed by atoms with E-state index in [-0.39, 0.29) is 18.5 Å². The fourth-order valence-electron chi connectivity index (χ4n) is 2.36. The van der Waals surface area contributed by atoms with Crippen molar-refractivity contribution in [1.82, 2.24) is 25.1 Å². The number of carbonyl (C=O) groups is 1. The van der Waals surface area contributed by atoms with Crippen LogP contribution in [0.2, 0.25) is 0 Å². The Kier molecular flexibility index (Phi) is 4.78. The zero-order valence-corrected chi connectivity index (χ0v) is 14.4.